The summed E-state index contributed by atoms with van der Waals surface area (Å²) in [5.41, 5.74) is 0. The Kier molecular flexibility index (Phi) is 1.72. The van der Waals surface area contributed by atoms with Crippen LogP contribution >= 0.6 is 0 Å². The second kappa shape index (κ2) is 2.59. The maximum atomic E-state index is 11.2. The third kappa shape index (κ3) is 1.09. The van der Waals surface area contributed by atoms with Crippen molar-refractivity contribution in [1.82, 2.24) is 0 Å². The number of hydrogen-bond donors (Lipinski definition) is 1. The molecule has 2 rings (SSSR count). The van der Waals surface area contributed by atoms with Crippen LogP contribution in [-0.4, -0.2) is 17.5 Å². The van der Waals surface area contributed by atoms with Gasteiger partial charge in [0.05, 0.1) is 0 Å². The summed E-state index contributed by atoms with van der Waals surface area (Å²) >= 11 is 0. The number of ketones is 1. The molecular formula is C9H14O2. The second-order valence-electron chi connectivity index (χ2n) is 3.91. The van der Waals surface area contributed by atoms with Gasteiger partial charge >= 0.3 is 0 Å². The monoisotopic (exact) mass is 154 g/mol. The molecule has 0 saturated heterocycles. The summed E-state index contributed by atoms with van der Waals surface area (Å²) in [6.07, 6.45) is 4.85. The summed E-state index contributed by atoms with van der Waals surface area (Å²) in [5.74, 6) is 1.73. The van der Waals surface area contributed by atoms with Gasteiger partial charge in [-0.15, -0.1) is 0 Å². The minimum absolute atomic E-state index is 0.0807. The molecule has 2 aliphatic carbocycles. The Balaban J connectivity index is 2.02. The zero-order valence-electron chi connectivity index (χ0n) is 6.62. The first-order chi connectivity index (χ1) is 5.31. The van der Waals surface area contributed by atoms with Crippen LogP contribution in [0, 0.1) is 17.8 Å². The van der Waals surface area contributed by atoms with Crippen molar-refractivity contribution in [3.63, 3.8) is 0 Å². The lowest BCUT2D eigenvalue weighted by Crippen LogP contribution is -2.23. The van der Waals surface area contributed by atoms with Crippen molar-refractivity contribution in [3.05, 3.63) is 0 Å². The van der Waals surface area contributed by atoms with Gasteiger partial charge in [0.15, 0.2) is 5.78 Å². The van der Waals surface area contributed by atoms with Gasteiger partial charge in [0, 0.05) is 5.92 Å². The molecule has 0 radical (unpaired) electrons. The molecule has 2 heteroatoms. The average molecular weight is 154 g/mol. The topological polar surface area (TPSA) is 37.3 Å². The molecule has 11 heavy (non-hydrogen) atoms. The first-order valence-electron chi connectivity index (χ1n) is 4.45. The molecule has 0 aromatic carbocycles. The van der Waals surface area contributed by atoms with Gasteiger partial charge < -0.3 is 5.11 Å². The van der Waals surface area contributed by atoms with E-state index in [1.807, 2.05) is 0 Å². The van der Waals surface area contributed by atoms with Gasteiger partial charge in [-0.1, -0.05) is 6.42 Å². The van der Waals surface area contributed by atoms with Crippen LogP contribution in [0.3, 0.4) is 0 Å². The SMILES string of the molecule is O=C(CO)C1CC2CCC1C2. The number of carbonyl (C=O) groups excluding carboxylic acids is 1. The van der Waals surface area contributed by atoms with E-state index in [2.05, 4.69) is 0 Å². The van der Waals surface area contributed by atoms with Gasteiger partial charge in [-0.3, -0.25) is 4.79 Å². The van der Waals surface area contributed by atoms with E-state index in [1.165, 1.54) is 19.3 Å². The van der Waals surface area contributed by atoms with Crippen LogP contribution in [0.5, 0.6) is 0 Å². The summed E-state index contributed by atoms with van der Waals surface area (Å²) in [6, 6.07) is 0. The van der Waals surface area contributed by atoms with Crippen LogP contribution in [0.25, 0.3) is 0 Å². The average Bonchev–Trinajstić information content (AvgIpc) is 2.62. The maximum absolute atomic E-state index is 11.2. The minimum atomic E-state index is -0.242. The first-order valence-corrected chi connectivity index (χ1v) is 4.45. The largest absolute Gasteiger partial charge is 0.389 e. The van der Waals surface area contributed by atoms with Crippen LogP contribution in [0.2, 0.25) is 0 Å². The van der Waals surface area contributed by atoms with Gasteiger partial charge in [0.2, 0.25) is 0 Å². The number of rotatable bonds is 2. The molecule has 2 bridgehead atoms. The summed E-state index contributed by atoms with van der Waals surface area (Å²) < 4.78 is 0. The van der Waals surface area contributed by atoms with E-state index >= 15 is 0 Å². The number of fused-ring (bicyclic) bond motifs is 2. The molecule has 0 spiro atoms. The Labute approximate surface area is 66.6 Å². The van der Waals surface area contributed by atoms with Gasteiger partial charge in [0.25, 0.3) is 0 Å². The molecule has 0 amide bonds. The summed E-state index contributed by atoms with van der Waals surface area (Å²) in [6.45, 7) is -0.242. The summed E-state index contributed by atoms with van der Waals surface area (Å²) in [4.78, 5) is 11.2. The van der Waals surface area contributed by atoms with E-state index in [-0.39, 0.29) is 18.3 Å². The molecule has 2 saturated carbocycles. The fourth-order valence-corrected chi connectivity index (χ4v) is 2.76. The van der Waals surface area contributed by atoms with Gasteiger partial charge in [-0.05, 0) is 31.1 Å². The summed E-state index contributed by atoms with van der Waals surface area (Å²) in [7, 11) is 0. The van der Waals surface area contributed by atoms with Crippen molar-refractivity contribution in [1.29, 1.82) is 0 Å². The van der Waals surface area contributed by atoms with Crippen LogP contribution < -0.4 is 0 Å². The molecule has 0 heterocycles. The molecule has 0 aromatic rings. The molecule has 1 N–H and O–H groups in total. The quantitative estimate of drug-likeness (QED) is 0.644. The molecule has 0 aliphatic heterocycles. The van der Waals surface area contributed by atoms with Crippen molar-refractivity contribution in [3.8, 4) is 0 Å². The van der Waals surface area contributed by atoms with E-state index in [0.29, 0.717) is 5.92 Å². The highest BCUT2D eigenvalue weighted by atomic mass is 16.3. The van der Waals surface area contributed by atoms with Crippen molar-refractivity contribution in [2.24, 2.45) is 17.8 Å². The van der Waals surface area contributed by atoms with Crippen molar-refractivity contribution >= 4 is 5.78 Å². The normalized spacial score (nSPS) is 41.4. The zero-order valence-corrected chi connectivity index (χ0v) is 6.62. The Hall–Kier alpha value is -0.370. The third-order valence-corrected chi connectivity index (χ3v) is 3.31. The number of Topliss-reactive ketones (excluding diaryl/α,β-unsaturated/α-hetero) is 1. The van der Waals surface area contributed by atoms with Crippen LogP contribution in [0.4, 0.5) is 0 Å². The zero-order chi connectivity index (χ0) is 7.84. The van der Waals surface area contributed by atoms with Crippen LogP contribution in [-0.2, 0) is 4.79 Å². The molecule has 0 aromatic heterocycles. The Morgan fingerprint density at radius 2 is 2.18 bits per heavy atom. The predicted molar refractivity (Wildman–Crippen MR) is 41.0 cm³/mol. The second-order valence-corrected chi connectivity index (χ2v) is 3.91. The lowest BCUT2D eigenvalue weighted by molar-refractivity contribution is -0.127. The number of aliphatic hydroxyl groups excluding tert-OH is 1. The fourth-order valence-electron chi connectivity index (χ4n) is 2.76. The van der Waals surface area contributed by atoms with E-state index in [4.69, 9.17) is 5.11 Å². The summed E-state index contributed by atoms with van der Waals surface area (Å²) in [5, 5.41) is 8.67. The standard InChI is InChI=1S/C9H14O2/c10-5-9(11)8-4-6-1-2-7(8)3-6/h6-8,10H,1-5H2. The molecule has 3 unspecified atom stereocenters. The first kappa shape index (κ1) is 7.29. The number of aliphatic hydroxyl groups is 1. The Morgan fingerprint density at radius 3 is 2.64 bits per heavy atom. The molecule has 3 atom stereocenters. The lowest BCUT2D eigenvalue weighted by atomic mass is 9.86. The van der Waals surface area contributed by atoms with Crippen LogP contribution in [0.1, 0.15) is 25.7 Å². The molecular weight excluding hydrogens is 140 g/mol. The van der Waals surface area contributed by atoms with Crippen molar-refractivity contribution < 1.29 is 9.90 Å². The van der Waals surface area contributed by atoms with Gasteiger partial charge in [0.1, 0.15) is 6.61 Å². The van der Waals surface area contributed by atoms with E-state index in [1.54, 1.807) is 0 Å². The maximum Gasteiger partial charge on any atom is 0.161 e. The van der Waals surface area contributed by atoms with Crippen molar-refractivity contribution in [2.45, 2.75) is 25.7 Å². The number of carbonyl (C=O) groups is 1. The van der Waals surface area contributed by atoms with Gasteiger partial charge in [-0.25, -0.2) is 0 Å². The lowest BCUT2D eigenvalue weighted by Gasteiger charge is -2.18. The minimum Gasteiger partial charge on any atom is -0.389 e. The fraction of sp³-hybridized carbons (Fsp3) is 0.889. The number of hydrogen-bond acceptors (Lipinski definition) is 2. The molecule has 2 fully saturated rings. The Morgan fingerprint density at radius 1 is 1.36 bits per heavy atom. The highest BCUT2D eigenvalue weighted by Gasteiger charge is 2.42. The third-order valence-electron chi connectivity index (χ3n) is 3.31. The smallest absolute Gasteiger partial charge is 0.161 e. The highest BCUT2D eigenvalue weighted by Crippen LogP contribution is 2.48. The predicted octanol–water partition coefficient (Wildman–Crippen LogP) is 0.984. The van der Waals surface area contributed by atoms with E-state index in [9.17, 15) is 4.79 Å². The highest BCUT2D eigenvalue weighted by molar-refractivity contribution is 5.82. The Bertz CT molecular complexity index is 176. The molecule has 2 nitrogen and oxygen atoms in total. The van der Waals surface area contributed by atoms with E-state index < -0.39 is 0 Å². The molecule has 2 aliphatic rings. The van der Waals surface area contributed by atoms with E-state index in [0.717, 1.165) is 12.3 Å². The van der Waals surface area contributed by atoms with Gasteiger partial charge in [-0.2, -0.15) is 0 Å². The molecule has 62 valence electrons. The van der Waals surface area contributed by atoms with Crippen molar-refractivity contribution in [2.75, 3.05) is 6.61 Å². The van der Waals surface area contributed by atoms with Crippen LogP contribution in [0.15, 0.2) is 0 Å².